The monoisotopic (exact) mass is 381 g/mol. The van der Waals surface area contributed by atoms with Crippen LogP contribution in [-0.2, 0) is 0 Å². The van der Waals surface area contributed by atoms with Crippen LogP contribution in [0.4, 0.5) is 10.1 Å². The number of benzene rings is 3. The molecule has 1 amide bonds. The molecule has 1 N–H and O–H groups in total. The maximum Gasteiger partial charge on any atom is 0.267 e. The van der Waals surface area contributed by atoms with Crippen LogP contribution in [0.15, 0.2) is 72.8 Å². The third-order valence-corrected chi connectivity index (χ3v) is 5.71. The number of carbonyl (C=O) groups excluding carboxylic acids is 1. The van der Waals surface area contributed by atoms with Crippen LogP contribution in [-0.4, -0.2) is 5.91 Å². The van der Waals surface area contributed by atoms with E-state index in [2.05, 4.69) is 5.32 Å². The Hall–Kier alpha value is -2.69. The second-order valence-corrected chi connectivity index (χ2v) is 7.18. The summed E-state index contributed by atoms with van der Waals surface area (Å²) in [5.74, 6) is -0.656. The lowest BCUT2D eigenvalue weighted by molar-refractivity contribution is 0.103. The van der Waals surface area contributed by atoms with Crippen molar-refractivity contribution in [3.8, 4) is 11.1 Å². The SMILES string of the molecule is O=C(Nc1ccccc1-c1ccccc1)c1sc2cc(F)ccc2c1Cl. The number of thiophene rings is 1. The molecular formula is C21H13ClFNOS. The average molecular weight is 382 g/mol. The second-order valence-electron chi connectivity index (χ2n) is 5.75. The van der Waals surface area contributed by atoms with Crippen LogP contribution in [0.2, 0.25) is 5.02 Å². The molecular weight excluding hydrogens is 369 g/mol. The minimum absolute atomic E-state index is 0.306. The molecule has 0 spiro atoms. The highest BCUT2D eigenvalue weighted by atomic mass is 35.5. The van der Waals surface area contributed by atoms with E-state index >= 15 is 0 Å². The van der Waals surface area contributed by atoms with Gasteiger partial charge in [0.25, 0.3) is 5.91 Å². The van der Waals surface area contributed by atoms with Gasteiger partial charge in [-0.1, -0.05) is 60.1 Å². The fraction of sp³-hybridized carbons (Fsp3) is 0. The Kier molecular flexibility index (Phi) is 4.45. The smallest absolute Gasteiger partial charge is 0.267 e. The Morgan fingerprint density at radius 1 is 0.962 bits per heavy atom. The highest BCUT2D eigenvalue weighted by Gasteiger charge is 2.18. The lowest BCUT2D eigenvalue weighted by Gasteiger charge is -2.11. The van der Waals surface area contributed by atoms with Crippen molar-refractivity contribution in [3.63, 3.8) is 0 Å². The lowest BCUT2D eigenvalue weighted by Crippen LogP contribution is -2.11. The van der Waals surface area contributed by atoms with Crippen molar-refractivity contribution in [2.75, 3.05) is 5.32 Å². The molecule has 2 nitrogen and oxygen atoms in total. The summed E-state index contributed by atoms with van der Waals surface area (Å²) in [7, 11) is 0. The molecule has 5 heteroatoms. The summed E-state index contributed by atoms with van der Waals surface area (Å²) in [6.07, 6.45) is 0. The fourth-order valence-corrected chi connectivity index (χ4v) is 4.26. The molecule has 1 heterocycles. The Labute approximate surface area is 158 Å². The van der Waals surface area contributed by atoms with Crippen LogP contribution >= 0.6 is 22.9 Å². The van der Waals surface area contributed by atoms with Gasteiger partial charge >= 0.3 is 0 Å². The van der Waals surface area contributed by atoms with Crippen molar-refractivity contribution in [2.24, 2.45) is 0 Å². The summed E-state index contributed by atoms with van der Waals surface area (Å²) in [5.41, 5.74) is 2.63. The highest BCUT2D eigenvalue weighted by Crippen LogP contribution is 2.37. The van der Waals surface area contributed by atoms with Crippen LogP contribution in [0.25, 0.3) is 21.2 Å². The normalized spacial score (nSPS) is 10.8. The van der Waals surface area contributed by atoms with Gasteiger partial charge in [0.2, 0.25) is 0 Å². The number of fused-ring (bicyclic) bond motifs is 1. The van der Waals surface area contributed by atoms with Crippen LogP contribution in [0, 0.1) is 5.82 Å². The molecule has 0 aliphatic rings. The van der Waals surface area contributed by atoms with E-state index in [4.69, 9.17) is 11.6 Å². The number of halogens is 2. The predicted octanol–water partition coefficient (Wildman–Crippen LogP) is 6.61. The number of hydrogen-bond acceptors (Lipinski definition) is 2. The topological polar surface area (TPSA) is 29.1 Å². The van der Waals surface area contributed by atoms with Gasteiger partial charge in [0.15, 0.2) is 0 Å². The molecule has 0 saturated heterocycles. The fourth-order valence-electron chi connectivity index (χ4n) is 2.83. The maximum atomic E-state index is 13.4. The molecule has 0 atom stereocenters. The third kappa shape index (κ3) is 3.09. The first-order chi connectivity index (χ1) is 12.6. The molecule has 0 unspecified atom stereocenters. The van der Waals surface area contributed by atoms with E-state index in [1.165, 1.54) is 23.5 Å². The number of carbonyl (C=O) groups is 1. The van der Waals surface area contributed by atoms with Crippen molar-refractivity contribution < 1.29 is 9.18 Å². The molecule has 4 aromatic rings. The van der Waals surface area contributed by atoms with Crippen LogP contribution in [0.3, 0.4) is 0 Å². The molecule has 0 fully saturated rings. The first-order valence-corrected chi connectivity index (χ1v) is 9.16. The van der Waals surface area contributed by atoms with Gasteiger partial charge in [-0.05, 0) is 29.8 Å². The van der Waals surface area contributed by atoms with E-state index in [1.54, 1.807) is 6.07 Å². The van der Waals surface area contributed by atoms with Gasteiger partial charge in [-0.15, -0.1) is 11.3 Å². The Morgan fingerprint density at radius 2 is 1.69 bits per heavy atom. The third-order valence-electron chi connectivity index (χ3n) is 4.06. The van der Waals surface area contributed by atoms with Crippen LogP contribution in [0.1, 0.15) is 9.67 Å². The number of hydrogen-bond donors (Lipinski definition) is 1. The number of para-hydroxylation sites is 1. The van der Waals surface area contributed by atoms with Gasteiger partial charge in [0, 0.05) is 21.3 Å². The summed E-state index contributed by atoms with van der Waals surface area (Å²) < 4.78 is 14.1. The minimum atomic E-state index is -0.350. The summed E-state index contributed by atoms with van der Waals surface area (Å²) in [4.78, 5) is 13.2. The Morgan fingerprint density at radius 3 is 2.50 bits per heavy atom. The largest absolute Gasteiger partial charge is 0.321 e. The highest BCUT2D eigenvalue weighted by molar-refractivity contribution is 7.21. The number of amides is 1. The number of rotatable bonds is 3. The first kappa shape index (κ1) is 16.8. The van der Waals surface area contributed by atoms with E-state index in [-0.39, 0.29) is 11.7 Å². The van der Waals surface area contributed by atoms with Gasteiger partial charge < -0.3 is 5.32 Å². The molecule has 4 rings (SSSR count). The zero-order valence-electron chi connectivity index (χ0n) is 13.5. The Balaban J connectivity index is 1.71. The molecule has 1 aromatic heterocycles. The van der Waals surface area contributed by atoms with Crippen molar-refractivity contribution in [3.05, 3.63) is 88.5 Å². The number of nitrogens with one attached hydrogen (secondary N) is 1. The number of anilines is 1. The second kappa shape index (κ2) is 6.90. The molecule has 0 radical (unpaired) electrons. The van der Waals surface area contributed by atoms with Crippen molar-refractivity contribution in [1.29, 1.82) is 0 Å². The van der Waals surface area contributed by atoms with Crippen molar-refractivity contribution >= 4 is 44.6 Å². The summed E-state index contributed by atoms with van der Waals surface area (Å²) in [6, 6.07) is 21.7. The molecule has 0 saturated carbocycles. The molecule has 0 aliphatic carbocycles. The van der Waals surface area contributed by atoms with Gasteiger partial charge in [-0.25, -0.2) is 4.39 Å². The Bertz CT molecular complexity index is 1110. The zero-order chi connectivity index (χ0) is 18.1. The zero-order valence-corrected chi connectivity index (χ0v) is 15.1. The van der Waals surface area contributed by atoms with E-state index < -0.39 is 0 Å². The predicted molar refractivity (Wildman–Crippen MR) is 107 cm³/mol. The molecule has 3 aromatic carbocycles. The van der Waals surface area contributed by atoms with E-state index in [0.717, 1.165) is 11.1 Å². The van der Waals surface area contributed by atoms with Crippen molar-refractivity contribution in [2.45, 2.75) is 0 Å². The van der Waals surface area contributed by atoms with Gasteiger partial charge in [0.1, 0.15) is 10.7 Å². The summed E-state index contributed by atoms with van der Waals surface area (Å²) in [5, 5.41) is 3.96. The summed E-state index contributed by atoms with van der Waals surface area (Å²) in [6.45, 7) is 0. The van der Waals surface area contributed by atoms with Crippen molar-refractivity contribution in [1.82, 2.24) is 0 Å². The molecule has 26 heavy (non-hydrogen) atoms. The van der Waals surface area contributed by atoms with Gasteiger partial charge in [-0.3, -0.25) is 4.79 Å². The van der Waals surface area contributed by atoms with E-state index in [1.807, 2.05) is 54.6 Å². The van der Waals surface area contributed by atoms with Gasteiger partial charge in [0.05, 0.1) is 5.02 Å². The maximum absolute atomic E-state index is 13.4. The molecule has 0 bridgehead atoms. The van der Waals surface area contributed by atoms with E-state index in [9.17, 15) is 9.18 Å². The van der Waals surface area contributed by atoms with E-state index in [0.29, 0.717) is 25.7 Å². The standard InChI is InChI=1S/C21H13ClFNOS/c22-19-16-11-10-14(23)12-18(16)26-20(19)21(25)24-17-9-5-4-8-15(17)13-6-2-1-3-7-13/h1-12H,(H,24,25). The van der Waals surface area contributed by atoms with Crippen LogP contribution < -0.4 is 5.32 Å². The molecule has 128 valence electrons. The first-order valence-electron chi connectivity index (χ1n) is 7.97. The summed E-state index contributed by atoms with van der Waals surface area (Å²) >= 11 is 7.54. The lowest BCUT2D eigenvalue weighted by atomic mass is 10.0. The van der Waals surface area contributed by atoms with Gasteiger partial charge in [-0.2, -0.15) is 0 Å². The average Bonchev–Trinajstić information content (AvgIpc) is 2.99. The minimum Gasteiger partial charge on any atom is -0.321 e. The quantitative estimate of drug-likeness (QED) is 0.425. The van der Waals surface area contributed by atoms with Crippen LogP contribution in [0.5, 0.6) is 0 Å². The molecule has 0 aliphatic heterocycles.